The van der Waals surface area contributed by atoms with Crippen LogP contribution in [0.5, 0.6) is 0 Å². The molecule has 1 atom stereocenters. The van der Waals surface area contributed by atoms with Gasteiger partial charge in [-0.3, -0.25) is 4.68 Å². The fraction of sp³-hybridized carbons (Fsp3) is 0.700. The van der Waals surface area contributed by atoms with Gasteiger partial charge in [0.15, 0.2) is 0 Å². The standard InChI is InChI=1S/C10H15ClN2O2/c1-15-5-4-13-9(8(11)6-12-13)10(14)7-2-3-7/h6-7,10,14H,2-5H2,1H3. The number of halogens is 1. The highest BCUT2D eigenvalue weighted by molar-refractivity contribution is 6.31. The predicted molar refractivity (Wildman–Crippen MR) is 56.8 cm³/mol. The van der Waals surface area contributed by atoms with Crippen LogP contribution < -0.4 is 0 Å². The zero-order valence-electron chi connectivity index (χ0n) is 8.69. The molecule has 1 saturated carbocycles. The first-order valence-electron chi connectivity index (χ1n) is 5.12. The summed E-state index contributed by atoms with van der Waals surface area (Å²) < 4.78 is 6.71. The van der Waals surface area contributed by atoms with Crippen LogP contribution in [0, 0.1) is 5.92 Å². The Balaban J connectivity index is 2.15. The maximum absolute atomic E-state index is 10.0. The van der Waals surface area contributed by atoms with E-state index in [9.17, 15) is 5.11 Å². The molecule has 15 heavy (non-hydrogen) atoms. The Morgan fingerprint density at radius 2 is 2.47 bits per heavy atom. The Kier molecular flexibility index (Phi) is 3.29. The van der Waals surface area contributed by atoms with Crippen LogP contribution in [0.15, 0.2) is 6.20 Å². The molecule has 1 N–H and O–H groups in total. The van der Waals surface area contributed by atoms with Crippen LogP contribution in [-0.2, 0) is 11.3 Å². The third kappa shape index (κ3) is 2.33. The summed E-state index contributed by atoms with van der Waals surface area (Å²) >= 11 is 6.01. The molecule has 0 aromatic carbocycles. The second-order valence-electron chi connectivity index (χ2n) is 3.88. The largest absolute Gasteiger partial charge is 0.386 e. The van der Waals surface area contributed by atoms with Gasteiger partial charge in [0.2, 0.25) is 0 Å². The molecule has 0 bridgehead atoms. The number of methoxy groups -OCH3 is 1. The zero-order chi connectivity index (χ0) is 10.8. The molecule has 84 valence electrons. The fourth-order valence-corrected chi connectivity index (χ4v) is 1.91. The van der Waals surface area contributed by atoms with Gasteiger partial charge in [-0.25, -0.2) is 0 Å². The highest BCUT2D eigenvalue weighted by Gasteiger charge is 2.34. The average molecular weight is 231 g/mol. The molecule has 1 unspecified atom stereocenters. The molecule has 1 aromatic rings. The smallest absolute Gasteiger partial charge is 0.0999 e. The van der Waals surface area contributed by atoms with E-state index in [1.165, 1.54) is 0 Å². The van der Waals surface area contributed by atoms with Gasteiger partial charge in [-0.1, -0.05) is 11.6 Å². The van der Waals surface area contributed by atoms with E-state index in [0.29, 0.717) is 24.1 Å². The third-order valence-electron chi connectivity index (χ3n) is 2.69. The highest BCUT2D eigenvalue weighted by atomic mass is 35.5. The predicted octanol–water partition coefficient (Wildman–Crippen LogP) is 1.63. The van der Waals surface area contributed by atoms with E-state index in [2.05, 4.69) is 5.10 Å². The van der Waals surface area contributed by atoms with Crippen LogP contribution in [0.1, 0.15) is 24.6 Å². The topological polar surface area (TPSA) is 47.3 Å². The lowest BCUT2D eigenvalue weighted by molar-refractivity contribution is 0.135. The van der Waals surface area contributed by atoms with Gasteiger partial charge in [0.1, 0.15) is 0 Å². The van der Waals surface area contributed by atoms with Gasteiger partial charge in [0, 0.05) is 7.11 Å². The van der Waals surface area contributed by atoms with E-state index in [1.54, 1.807) is 18.0 Å². The van der Waals surface area contributed by atoms with Crippen molar-refractivity contribution in [2.24, 2.45) is 5.92 Å². The molecule has 1 fully saturated rings. The number of hydrogen-bond donors (Lipinski definition) is 1. The second kappa shape index (κ2) is 4.51. The van der Waals surface area contributed by atoms with Gasteiger partial charge >= 0.3 is 0 Å². The maximum atomic E-state index is 10.0. The average Bonchev–Trinajstić information content (AvgIpc) is 3.00. The molecule has 0 aliphatic heterocycles. The van der Waals surface area contributed by atoms with Crippen molar-refractivity contribution in [3.05, 3.63) is 16.9 Å². The third-order valence-corrected chi connectivity index (χ3v) is 2.98. The summed E-state index contributed by atoms with van der Waals surface area (Å²) in [7, 11) is 1.64. The van der Waals surface area contributed by atoms with Crippen LogP contribution in [0.2, 0.25) is 5.02 Å². The Hall–Kier alpha value is -0.580. The Morgan fingerprint density at radius 1 is 1.73 bits per heavy atom. The van der Waals surface area contributed by atoms with Crippen LogP contribution in [-0.4, -0.2) is 28.6 Å². The van der Waals surface area contributed by atoms with Gasteiger partial charge in [-0.05, 0) is 18.8 Å². The summed E-state index contributed by atoms with van der Waals surface area (Å²) in [5.41, 5.74) is 0.733. The van der Waals surface area contributed by atoms with Gasteiger partial charge in [-0.15, -0.1) is 0 Å². The van der Waals surface area contributed by atoms with Gasteiger partial charge in [-0.2, -0.15) is 5.10 Å². The molecule has 2 rings (SSSR count). The second-order valence-corrected chi connectivity index (χ2v) is 4.28. The number of aliphatic hydroxyl groups is 1. The van der Waals surface area contributed by atoms with Crippen molar-refractivity contribution >= 4 is 11.6 Å². The van der Waals surface area contributed by atoms with Crippen molar-refractivity contribution in [2.45, 2.75) is 25.5 Å². The van der Waals surface area contributed by atoms with Crippen LogP contribution in [0.3, 0.4) is 0 Å². The Morgan fingerprint density at radius 3 is 3.07 bits per heavy atom. The molecule has 0 amide bonds. The molecule has 5 heteroatoms. The summed E-state index contributed by atoms with van der Waals surface area (Å²) in [5.74, 6) is 0.362. The summed E-state index contributed by atoms with van der Waals surface area (Å²) in [4.78, 5) is 0. The minimum absolute atomic E-state index is 0.362. The van der Waals surface area contributed by atoms with Crippen LogP contribution in [0.25, 0.3) is 0 Å². The number of ether oxygens (including phenoxy) is 1. The van der Waals surface area contributed by atoms with Crippen LogP contribution >= 0.6 is 11.6 Å². The molecular weight excluding hydrogens is 216 g/mol. The number of rotatable bonds is 5. The quantitative estimate of drug-likeness (QED) is 0.837. The first-order chi connectivity index (χ1) is 7.24. The maximum Gasteiger partial charge on any atom is 0.0999 e. The van der Waals surface area contributed by atoms with Crippen molar-refractivity contribution in [3.63, 3.8) is 0 Å². The molecule has 1 aromatic heterocycles. The normalized spacial score (nSPS) is 18.1. The monoisotopic (exact) mass is 230 g/mol. The lowest BCUT2D eigenvalue weighted by Crippen LogP contribution is -2.13. The number of aliphatic hydroxyl groups excluding tert-OH is 1. The summed E-state index contributed by atoms with van der Waals surface area (Å²) in [6, 6.07) is 0. The molecule has 1 aliphatic carbocycles. The Labute approximate surface area is 93.8 Å². The first kappa shape index (κ1) is 10.9. The molecule has 4 nitrogen and oxygen atoms in total. The van der Waals surface area contributed by atoms with Crippen molar-refractivity contribution in [1.82, 2.24) is 9.78 Å². The number of nitrogens with zero attached hydrogens (tertiary/aromatic N) is 2. The fourth-order valence-electron chi connectivity index (χ4n) is 1.66. The summed E-state index contributed by atoms with van der Waals surface area (Å²) in [6.07, 6.45) is 3.26. The molecule has 0 radical (unpaired) electrons. The highest BCUT2D eigenvalue weighted by Crippen LogP contribution is 2.42. The number of aromatic nitrogens is 2. The SMILES string of the molecule is COCCn1ncc(Cl)c1C(O)C1CC1. The van der Waals surface area contributed by atoms with Crippen molar-refractivity contribution in [2.75, 3.05) is 13.7 Å². The minimum atomic E-state index is -0.475. The molecule has 1 aliphatic rings. The van der Waals surface area contributed by atoms with E-state index >= 15 is 0 Å². The van der Waals surface area contributed by atoms with Gasteiger partial charge in [0.25, 0.3) is 0 Å². The number of hydrogen-bond acceptors (Lipinski definition) is 3. The van der Waals surface area contributed by atoms with Gasteiger partial charge in [0.05, 0.1) is 36.2 Å². The Bertz CT molecular complexity index is 336. The van der Waals surface area contributed by atoms with Gasteiger partial charge < -0.3 is 9.84 Å². The van der Waals surface area contributed by atoms with Crippen molar-refractivity contribution < 1.29 is 9.84 Å². The van der Waals surface area contributed by atoms with E-state index in [0.717, 1.165) is 18.5 Å². The zero-order valence-corrected chi connectivity index (χ0v) is 9.44. The van der Waals surface area contributed by atoms with E-state index in [-0.39, 0.29) is 0 Å². The van der Waals surface area contributed by atoms with Crippen molar-refractivity contribution in [3.8, 4) is 0 Å². The van der Waals surface area contributed by atoms with E-state index < -0.39 is 6.10 Å². The van der Waals surface area contributed by atoms with E-state index in [4.69, 9.17) is 16.3 Å². The van der Waals surface area contributed by atoms with Crippen LogP contribution in [0.4, 0.5) is 0 Å². The van der Waals surface area contributed by atoms with Crippen molar-refractivity contribution in [1.29, 1.82) is 0 Å². The minimum Gasteiger partial charge on any atom is -0.386 e. The molecule has 1 heterocycles. The summed E-state index contributed by atoms with van der Waals surface area (Å²) in [5, 5.41) is 14.7. The van der Waals surface area contributed by atoms with E-state index in [1.807, 2.05) is 0 Å². The first-order valence-corrected chi connectivity index (χ1v) is 5.50. The molecule has 0 spiro atoms. The lowest BCUT2D eigenvalue weighted by Gasteiger charge is -2.12. The summed E-state index contributed by atoms with van der Waals surface area (Å²) in [6.45, 7) is 1.20. The lowest BCUT2D eigenvalue weighted by atomic mass is 10.1. The molecule has 0 saturated heterocycles. The molecular formula is C10H15ClN2O2.